The maximum atomic E-state index is 14.6. The van der Waals surface area contributed by atoms with E-state index in [4.69, 9.17) is 4.74 Å². The van der Waals surface area contributed by atoms with Crippen LogP contribution in [-0.2, 0) is 23.2 Å². The number of hydrogen-bond acceptors (Lipinski definition) is 8. The van der Waals surface area contributed by atoms with E-state index in [1.165, 1.54) is 32.4 Å². The maximum absolute atomic E-state index is 14.6. The molecule has 10 rings (SSSR count). The Morgan fingerprint density at radius 1 is 0.946 bits per heavy atom. The minimum absolute atomic E-state index is 0.00528. The van der Waals surface area contributed by atoms with Gasteiger partial charge in [0.2, 0.25) is 0 Å². The molecule has 4 fully saturated rings. The molecule has 7 aliphatic rings. The number of Topliss-reactive ketones (excluding diaryl/α,β-unsaturated/α-hetero) is 1. The second kappa shape index (κ2) is 13.1. The highest BCUT2D eigenvalue weighted by Crippen LogP contribution is 2.78. The molecule has 3 saturated carbocycles. The highest BCUT2D eigenvalue weighted by Gasteiger charge is 2.73. The number of carbonyl (C=O) groups is 1. The number of aliphatic hydroxyl groups excluding tert-OH is 2. The molecule has 0 radical (unpaired) electrons. The van der Waals surface area contributed by atoms with Crippen LogP contribution in [0, 0.1) is 52.3 Å². The molecule has 292 valence electrons. The lowest BCUT2D eigenvalue weighted by Gasteiger charge is -2.73. The minimum atomic E-state index is -0.998. The third-order valence-electron chi connectivity index (χ3n) is 16.2. The number of hydrogen-bond donors (Lipinski definition) is 6. The Hall–Kier alpha value is -4.29. The Morgan fingerprint density at radius 3 is 2.57 bits per heavy atom. The number of rotatable bonds is 5. The van der Waals surface area contributed by atoms with Crippen LogP contribution < -0.4 is 10.1 Å². The van der Waals surface area contributed by atoms with Crippen molar-refractivity contribution < 1.29 is 35.1 Å². The molecule has 4 bridgehead atoms. The van der Waals surface area contributed by atoms with Crippen LogP contribution in [0.5, 0.6) is 23.0 Å². The summed E-state index contributed by atoms with van der Waals surface area (Å²) in [6.07, 6.45) is 12.3. The predicted molar refractivity (Wildman–Crippen MR) is 211 cm³/mol. The molecule has 1 aliphatic heterocycles. The second-order valence-electron chi connectivity index (χ2n) is 18.4. The molecule has 0 unspecified atom stereocenters. The lowest BCUT2D eigenvalue weighted by Crippen LogP contribution is -2.74. The number of ketones is 1. The smallest absolute Gasteiger partial charge is 0.160 e. The standard InChI is InChI=1S/C48H53NO7/c1-56-42-21-34(30(25-50)17-40(42)54)33-18-32(51)19-41(55)45-29(10-9-28(33)16-27-6-3-2-4-7-27)24-49-44-12-15-46-14-11-31-8-5-13-47(31,26-46)36-23-43(46)48(44,45)37-22-39(53)38(52)20-35(36)37/h2-4,6-7,11,14,17,20-22,28-29,31,33,36,41,43-45,49-50,52-55H,5,8,12-13,15-16,18-19,23-26H2,1H3/t28-,29-,31-,33-,36+,41+,43-,44-,45-,46+,47+,48-/m1/s1. The van der Waals surface area contributed by atoms with E-state index in [0.717, 1.165) is 42.4 Å². The highest BCUT2D eigenvalue weighted by atomic mass is 16.5. The van der Waals surface area contributed by atoms with Crippen LogP contribution in [0.15, 0.2) is 66.7 Å². The normalized spacial score (nSPS) is 38.9. The average Bonchev–Trinajstić information content (AvgIpc) is 3.61. The quantitative estimate of drug-likeness (QED) is 0.0955. The van der Waals surface area contributed by atoms with Gasteiger partial charge in [-0.2, -0.15) is 0 Å². The van der Waals surface area contributed by atoms with Crippen molar-refractivity contribution >= 4 is 5.78 Å². The molecule has 8 heteroatoms. The molecule has 1 heterocycles. The molecule has 1 saturated heterocycles. The first-order valence-electron chi connectivity index (χ1n) is 20.9. The van der Waals surface area contributed by atoms with Crippen molar-refractivity contribution in [2.45, 2.75) is 100 Å². The molecule has 0 amide bonds. The Labute approximate surface area is 329 Å². The van der Waals surface area contributed by atoms with Gasteiger partial charge in [0.25, 0.3) is 0 Å². The van der Waals surface area contributed by atoms with Crippen molar-refractivity contribution in [3.05, 3.63) is 94.6 Å². The van der Waals surface area contributed by atoms with E-state index in [0.29, 0.717) is 30.0 Å². The number of allylic oxidation sites excluding steroid dienone is 2. The van der Waals surface area contributed by atoms with Gasteiger partial charge in [-0.05, 0) is 126 Å². The van der Waals surface area contributed by atoms with E-state index >= 15 is 0 Å². The fourth-order valence-corrected chi connectivity index (χ4v) is 14.3. The lowest BCUT2D eigenvalue weighted by atomic mass is 9.32. The summed E-state index contributed by atoms with van der Waals surface area (Å²) >= 11 is 0. The number of phenolic OH excluding ortho intramolecular Hbond substituents is 3. The minimum Gasteiger partial charge on any atom is -0.504 e. The van der Waals surface area contributed by atoms with Gasteiger partial charge >= 0.3 is 0 Å². The van der Waals surface area contributed by atoms with Crippen molar-refractivity contribution in [2.24, 2.45) is 40.4 Å². The Morgan fingerprint density at radius 2 is 1.77 bits per heavy atom. The van der Waals surface area contributed by atoms with Gasteiger partial charge in [0.1, 0.15) is 5.78 Å². The zero-order chi connectivity index (χ0) is 38.6. The number of fused-ring (bicyclic) bond motifs is 4. The fraction of sp³-hybridized carbons (Fsp3) is 0.521. The molecular weight excluding hydrogens is 703 g/mol. The van der Waals surface area contributed by atoms with Crippen LogP contribution in [0.1, 0.15) is 97.4 Å². The monoisotopic (exact) mass is 755 g/mol. The van der Waals surface area contributed by atoms with Gasteiger partial charge in [0.05, 0.1) is 19.8 Å². The summed E-state index contributed by atoms with van der Waals surface area (Å²) in [5, 5.41) is 60.5. The first kappa shape index (κ1) is 36.1. The molecule has 3 spiro atoms. The number of aromatic hydroxyl groups is 3. The average molecular weight is 756 g/mol. The SMILES string of the molecule is COc1cc([C@@H]2CC(=O)C[C@H](O)[C@H]3[C@H](C#C[C@@H]2Cc2ccccc2)CN[C@@H]2CC[C@@]45C=C[C@H]6CCC[C@@]6(C4)[C@H]4C[C@H]5[C@@]32c2cc(O)c(O)cc24)c(CO)cc1O. The molecule has 0 aromatic heterocycles. The summed E-state index contributed by atoms with van der Waals surface area (Å²) in [5.41, 5.74) is 3.89. The Bertz CT molecular complexity index is 2170. The second-order valence-corrected chi connectivity index (χ2v) is 18.4. The van der Waals surface area contributed by atoms with Gasteiger partial charge in [-0.15, -0.1) is 0 Å². The van der Waals surface area contributed by atoms with Crippen LogP contribution >= 0.6 is 0 Å². The van der Waals surface area contributed by atoms with Crippen molar-refractivity contribution in [2.75, 3.05) is 13.7 Å². The van der Waals surface area contributed by atoms with E-state index in [-0.39, 0.29) is 88.8 Å². The number of aliphatic hydroxyl groups is 2. The highest BCUT2D eigenvalue weighted by molar-refractivity contribution is 5.80. The Kier molecular flexibility index (Phi) is 8.46. The molecule has 6 N–H and O–H groups in total. The third kappa shape index (κ3) is 5.06. The summed E-state index contributed by atoms with van der Waals surface area (Å²) in [6.45, 7) is 0.240. The van der Waals surface area contributed by atoms with Crippen LogP contribution in [0.25, 0.3) is 0 Å². The van der Waals surface area contributed by atoms with Gasteiger partial charge < -0.3 is 35.6 Å². The Balaban J connectivity index is 1.17. The zero-order valence-electron chi connectivity index (χ0n) is 32.1. The van der Waals surface area contributed by atoms with E-state index in [9.17, 15) is 30.3 Å². The van der Waals surface area contributed by atoms with Crippen LogP contribution in [0.3, 0.4) is 0 Å². The molecule has 12 atom stereocenters. The summed E-state index contributed by atoms with van der Waals surface area (Å²) in [4.78, 5) is 14.6. The maximum Gasteiger partial charge on any atom is 0.160 e. The van der Waals surface area contributed by atoms with E-state index in [1.807, 2.05) is 30.3 Å². The number of nitrogens with one attached hydrogen (secondary N) is 1. The van der Waals surface area contributed by atoms with Gasteiger partial charge in [0, 0.05) is 54.5 Å². The first-order chi connectivity index (χ1) is 27.1. The first-order valence-corrected chi connectivity index (χ1v) is 20.9. The van der Waals surface area contributed by atoms with Crippen LogP contribution in [0.2, 0.25) is 0 Å². The van der Waals surface area contributed by atoms with Crippen LogP contribution in [0.4, 0.5) is 0 Å². The largest absolute Gasteiger partial charge is 0.504 e. The van der Waals surface area contributed by atoms with E-state index in [1.54, 1.807) is 6.07 Å². The van der Waals surface area contributed by atoms with E-state index in [2.05, 4.69) is 41.4 Å². The predicted octanol–water partition coefficient (Wildman–Crippen LogP) is 6.76. The van der Waals surface area contributed by atoms with Crippen molar-refractivity contribution in [1.82, 2.24) is 5.32 Å². The molecule has 6 aliphatic carbocycles. The summed E-state index contributed by atoms with van der Waals surface area (Å²) in [6, 6.07) is 17.1. The van der Waals surface area contributed by atoms with Gasteiger partial charge in [-0.25, -0.2) is 0 Å². The van der Waals surface area contributed by atoms with Crippen LogP contribution in [-0.4, -0.2) is 57.1 Å². The van der Waals surface area contributed by atoms with Crippen molar-refractivity contribution in [1.29, 1.82) is 0 Å². The molecule has 3 aromatic rings. The zero-order valence-corrected chi connectivity index (χ0v) is 32.1. The molecule has 8 nitrogen and oxygen atoms in total. The van der Waals surface area contributed by atoms with Crippen molar-refractivity contribution in [3.8, 4) is 34.8 Å². The third-order valence-corrected chi connectivity index (χ3v) is 16.2. The fourth-order valence-electron chi connectivity index (χ4n) is 14.3. The van der Waals surface area contributed by atoms with Gasteiger partial charge in [-0.3, -0.25) is 4.79 Å². The molecular formula is C48H53NO7. The summed E-state index contributed by atoms with van der Waals surface area (Å²) in [5.74, 6) is 6.83. The molecule has 56 heavy (non-hydrogen) atoms. The topological polar surface area (TPSA) is 139 Å². The number of benzene rings is 3. The van der Waals surface area contributed by atoms with Gasteiger partial charge in [-0.1, -0.05) is 60.7 Å². The molecule has 3 aromatic carbocycles. The number of ether oxygens (including phenoxy) is 1. The number of methoxy groups -OCH3 is 1. The number of piperidine rings is 1. The summed E-state index contributed by atoms with van der Waals surface area (Å²) in [7, 11) is 1.49. The summed E-state index contributed by atoms with van der Waals surface area (Å²) < 4.78 is 5.52. The number of carbonyl (C=O) groups excluding carboxylic acids is 1. The van der Waals surface area contributed by atoms with Crippen molar-refractivity contribution in [3.63, 3.8) is 0 Å². The number of phenols is 3. The lowest BCUT2D eigenvalue weighted by molar-refractivity contribution is -0.153. The van der Waals surface area contributed by atoms with Gasteiger partial charge in [0.15, 0.2) is 23.0 Å². The van der Waals surface area contributed by atoms with E-state index < -0.39 is 23.4 Å².